The molecular weight excluding hydrogens is 406 g/mol. The Morgan fingerprint density at radius 3 is 2.32 bits per heavy atom. The molecule has 0 radical (unpaired) electrons. The number of carbonyl (C=O) groups is 2. The first-order valence-corrected chi connectivity index (χ1v) is 12.4. The summed E-state index contributed by atoms with van der Waals surface area (Å²) in [5.74, 6) is 2.31. The summed E-state index contributed by atoms with van der Waals surface area (Å²) in [6.07, 6.45) is 9.47. The van der Waals surface area contributed by atoms with Crippen molar-refractivity contribution in [2.75, 3.05) is 5.32 Å². The van der Waals surface area contributed by atoms with Gasteiger partial charge >= 0.3 is 0 Å². The lowest BCUT2D eigenvalue weighted by Gasteiger charge is -2.56. The van der Waals surface area contributed by atoms with E-state index in [9.17, 15) is 9.59 Å². The fraction of sp³-hybridized carbons (Fsp3) is 0.560. The van der Waals surface area contributed by atoms with Crippen LogP contribution in [0.15, 0.2) is 29.6 Å². The number of aromatic nitrogens is 1. The lowest BCUT2D eigenvalue weighted by atomic mass is 9.48. The van der Waals surface area contributed by atoms with Gasteiger partial charge in [0.2, 0.25) is 5.91 Å². The van der Waals surface area contributed by atoms with Crippen LogP contribution in [-0.2, 0) is 11.2 Å². The third-order valence-electron chi connectivity index (χ3n) is 7.56. The normalized spacial score (nSPS) is 29.5. The van der Waals surface area contributed by atoms with Crippen molar-refractivity contribution in [1.82, 2.24) is 10.3 Å². The van der Waals surface area contributed by atoms with E-state index in [0.717, 1.165) is 35.4 Å². The van der Waals surface area contributed by atoms with Gasteiger partial charge < -0.3 is 10.6 Å². The molecule has 4 bridgehead atoms. The largest absolute Gasteiger partial charge is 0.341 e. The lowest BCUT2D eigenvalue weighted by Crippen LogP contribution is -2.47. The Morgan fingerprint density at radius 1 is 1.10 bits per heavy atom. The summed E-state index contributed by atoms with van der Waals surface area (Å²) in [5, 5.41) is 8.39. The highest BCUT2D eigenvalue weighted by Gasteiger charge is 2.50. The van der Waals surface area contributed by atoms with E-state index in [-0.39, 0.29) is 11.8 Å². The third kappa shape index (κ3) is 4.40. The highest BCUT2D eigenvalue weighted by Crippen LogP contribution is 2.61. The first kappa shape index (κ1) is 20.7. The number of hydrogen-bond acceptors (Lipinski definition) is 4. The number of nitrogens with one attached hydrogen (secondary N) is 2. The number of nitrogens with zero attached hydrogens (tertiary/aromatic N) is 1. The minimum Gasteiger partial charge on any atom is -0.341 e. The molecule has 4 aliphatic carbocycles. The maximum atomic E-state index is 12.6. The fourth-order valence-electron chi connectivity index (χ4n) is 6.60. The van der Waals surface area contributed by atoms with E-state index in [1.54, 1.807) is 19.1 Å². The molecule has 0 aliphatic heterocycles. The Bertz CT molecular complexity index is 946. The van der Waals surface area contributed by atoms with E-state index >= 15 is 0 Å². The summed E-state index contributed by atoms with van der Waals surface area (Å²) >= 11 is 1.48. The molecule has 2 amide bonds. The molecule has 5 nitrogen and oxygen atoms in total. The molecule has 1 atom stereocenters. The zero-order chi connectivity index (χ0) is 21.6. The van der Waals surface area contributed by atoms with E-state index < -0.39 is 6.04 Å². The van der Waals surface area contributed by atoms with Crippen LogP contribution in [0.4, 0.5) is 5.13 Å². The molecule has 164 valence electrons. The van der Waals surface area contributed by atoms with Gasteiger partial charge in [0.15, 0.2) is 5.13 Å². The van der Waals surface area contributed by atoms with Gasteiger partial charge in [-0.15, -0.1) is 11.3 Å². The zero-order valence-corrected chi connectivity index (χ0v) is 19.1. The topological polar surface area (TPSA) is 71.1 Å². The molecular formula is C25H31N3O2S. The third-order valence-corrected chi connectivity index (χ3v) is 8.36. The average molecular weight is 438 g/mol. The summed E-state index contributed by atoms with van der Waals surface area (Å²) < 4.78 is 0. The van der Waals surface area contributed by atoms with Crippen molar-refractivity contribution in [2.24, 2.45) is 23.2 Å². The molecule has 1 unspecified atom stereocenters. The van der Waals surface area contributed by atoms with Crippen molar-refractivity contribution >= 4 is 28.3 Å². The van der Waals surface area contributed by atoms with E-state index in [4.69, 9.17) is 4.98 Å². The van der Waals surface area contributed by atoms with Gasteiger partial charge in [0.1, 0.15) is 6.04 Å². The Morgan fingerprint density at radius 2 is 1.71 bits per heavy atom. The van der Waals surface area contributed by atoms with E-state index in [1.807, 2.05) is 19.1 Å². The Balaban J connectivity index is 1.17. The number of amides is 2. The SMILES string of the molecule is Cc1ccc(C(=O)NC(C)C(=O)Nc2nc(CC34CC5CC(CC(C5)C3)C4)cs2)cc1. The number of carbonyl (C=O) groups excluding carboxylic acids is 2. The van der Waals surface area contributed by atoms with Crippen molar-refractivity contribution in [3.05, 3.63) is 46.5 Å². The van der Waals surface area contributed by atoms with E-state index in [2.05, 4.69) is 16.0 Å². The molecule has 31 heavy (non-hydrogen) atoms. The molecule has 4 saturated carbocycles. The highest BCUT2D eigenvalue weighted by atomic mass is 32.1. The summed E-state index contributed by atoms with van der Waals surface area (Å²) in [6, 6.07) is 6.69. The van der Waals surface area contributed by atoms with Crippen molar-refractivity contribution in [3.8, 4) is 0 Å². The van der Waals surface area contributed by atoms with Crippen LogP contribution in [0, 0.1) is 30.1 Å². The van der Waals surface area contributed by atoms with E-state index in [1.165, 1.54) is 49.9 Å². The predicted molar refractivity (Wildman–Crippen MR) is 123 cm³/mol. The van der Waals surface area contributed by atoms with E-state index in [0.29, 0.717) is 16.1 Å². The predicted octanol–water partition coefficient (Wildman–Crippen LogP) is 4.97. The number of benzene rings is 1. The minimum atomic E-state index is -0.635. The van der Waals surface area contributed by atoms with Crippen LogP contribution in [0.1, 0.15) is 67.1 Å². The summed E-state index contributed by atoms with van der Waals surface area (Å²) in [6.45, 7) is 3.68. The van der Waals surface area contributed by atoms with Crippen LogP contribution in [0.3, 0.4) is 0 Å². The lowest BCUT2D eigenvalue weighted by molar-refractivity contribution is -0.117. The van der Waals surface area contributed by atoms with Gasteiger partial charge in [-0.1, -0.05) is 17.7 Å². The van der Waals surface area contributed by atoms with Crippen LogP contribution in [-0.4, -0.2) is 22.8 Å². The molecule has 2 aromatic rings. The Labute approximate surface area is 188 Å². The molecule has 6 rings (SSSR count). The quantitative estimate of drug-likeness (QED) is 0.670. The molecule has 0 spiro atoms. The second-order valence-corrected chi connectivity index (χ2v) is 11.1. The standard InChI is InChI=1S/C25H31N3O2S/c1-15-3-5-20(6-4-15)23(30)26-16(2)22(29)28-24-27-21(14-31-24)13-25-10-17-7-18(11-25)9-19(8-17)12-25/h3-6,14,16-19H,7-13H2,1-2H3,(H,26,30)(H,27,28,29). The number of rotatable bonds is 6. The smallest absolute Gasteiger partial charge is 0.251 e. The number of aryl methyl sites for hydroxylation is 1. The molecule has 6 heteroatoms. The van der Waals surface area contributed by atoms with Gasteiger partial charge in [-0.25, -0.2) is 4.98 Å². The molecule has 0 saturated heterocycles. The highest BCUT2D eigenvalue weighted by molar-refractivity contribution is 7.13. The van der Waals surface area contributed by atoms with Crippen molar-refractivity contribution in [3.63, 3.8) is 0 Å². The molecule has 1 aromatic heterocycles. The molecule has 1 heterocycles. The monoisotopic (exact) mass is 437 g/mol. The first-order chi connectivity index (χ1) is 14.9. The zero-order valence-electron chi connectivity index (χ0n) is 18.3. The van der Waals surface area contributed by atoms with Crippen LogP contribution in [0.2, 0.25) is 0 Å². The van der Waals surface area contributed by atoms with Crippen LogP contribution < -0.4 is 10.6 Å². The summed E-state index contributed by atoms with van der Waals surface area (Å²) in [7, 11) is 0. The number of hydrogen-bond donors (Lipinski definition) is 2. The summed E-state index contributed by atoms with van der Waals surface area (Å²) in [4.78, 5) is 29.7. The van der Waals surface area contributed by atoms with Crippen molar-refractivity contribution < 1.29 is 9.59 Å². The van der Waals surface area contributed by atoms with Gasteiger partial charge in [-0.05, 0) is 94.1 Å². The fourth-order valence-corrected chi connectivity index (χ4v) is 7.31. The molecule has 4 aliphatic rings. The first-order valence-electron chi connectivity index (χ1n) is 11.5. The van der Waals surface area contributed by atoms with Gasteiger partial charge in [0, 0.05) is 10.9 Å². The minimum absolute atomic E-state index is 0.240. The maximum absolute atomic E-state index is 12.6. The molecule has 1 aromatic carbocycles. The van der Waals surface area contributed by atoms with Crippen molar-refractivity contribution in [2.45, 2.75) is 64.8 Å². The van der Waals surface area contributed by atoms with Crippen molar-refractivity contribution in [1.29, 1.82) is 0 Å². The number of anilines is 1. The van der Waals surface area contributed by atoms with Crippen LogP contribution in [0.25, 0.3) is 0 Å². The number of thiazole rings is 1. The van der Waals surface area contributed by atoms with Gasteiger partial charge in [-0.2, -0.15) is 0 Å². The average Bonchev–Trinajstić information content (AvgIpc) is 3.13. The molecule has 2 N–H and O–H groups in total. The molecule has 4 fully saturated rings. The second-order valence-electron chi connectivity index (χ2n) is 10.3. The van der Waals surface area contributed by atoms with Gasteiger partial charge in [0.25, 0.3) is 5.91 Å². The van der Waals surface area contributed by atoms with Gasteiger partial charge in [0.05, 0.1) is 5.69 Å². The van der Waals surface area contributed by atoms with Crippen LogP contribution in [0.5, 0.6) is 0 Å². The Kier molecular flexibility index (Phi) is 5.37. The van der Waals surface area contributed by atoms with Gasteiger partial charge in [-0.3, -0.25) is 9.59 Å². The second kappa shape index (κ2) is 8.05. The summed E-state index contributed by atoms with van der Waals surface area (Å²) in [5.41, 5.74) is 3.20. The maximum Gasteiger partial charge on any atom is 0.251 e. The Hall–Kier alpha value is -2.21. The van der Waals surface area contributed by atoms with Crippen LogP contribution >= 0.6 is 11.3 Å².